The van der Waals surface area contributed by atoms with Crippen molar-refractivity contribution in [3.63, 3.8) is 0 Å². The van der Waals surface area contributed by atoms with E-state index in [-0.39, 0.29) is 4.90 Å². The largest absolute Gasteiger partial charge is 0.289 e. The van der Waals surface area contributed by atoms with E-state index in [1.165, 1.54) is 18.2 Å². The number of hydrogen-bond donors (Lipinski definition) is 1. The maximum atomic E-state index is 12.3. The number of nitro benzene ring substituents is 1. The van der Waals surface area contributed by atoms with Crippen LogP contribution in [0.5, 0.6) is 0 Å². The molecule has 1 N–H and O–H groups in total. The van der Waals surface area contributed by atoms with Crippen LogP contribution in [-0.2, 0) is 16.4 Å². The summed E-state index contributed by atoms with van der Waals surface area (Å²) < 4.78 is 27.0. The zero-order valence-electron chi connectivity index (χ0n) is 11.3. The van der Waals surface area contributed by atoms with E-state index in [2.05, 4.69) is 4.72 Å². The van der Waals surface area contributed by atoms with Gasteiger partial charge in [0.25, 0.3) is 15.7 Å². The summed E-state index contributed by atoms with van der Waals surface area (Å²) in [5.41, 5.74) is 0.905. The Hall–Kier alpha value is -2.41. The Kier molecular flexibility index (Phi) is 4.23. The Morgan fingerprint density at radius 1 is 1.14 bits per heavy atom. The number of hydrogen-bond acceptors (Lipinski definition) is 4. The molecule has 2 aromatic carbocycles. The summed E-state index contributed by atoms with van der Waals surface area (Å²) in [6.07, 6.45) is 0.765. The van der Waals surface area contributed by atoms with Gasteiger partial charge in [-0.05, 0) is 30.2 Å². The van der Waals surface area contributed by atoms with E-state index in [0.717, 1.165) is 18.1 Å². The maximum Gasteiger partial charge on any atom is 0.289 e. The first-order valence-electron chi connectivity index (χ1n) is 6.29. The molecule has 2 aromatic rings. The van der Waals surface area contributed by atoms with Crippen LogP contribution in [0, 0.1) is 10.1 Å². The second-order valence-electron chi connectivity index (χ2n) is 4.38. The van der Waals surface area contributed by atoms with Crippen molar-refractivity contribution in [2.75, 3.05) is 4.72 Å². The minimum absolute atomic E-state index is 0.350. The number of nitro groups is 1. The second-order valence-corrected chi connectivity index (χ2v) is 6.04. The number of anilines is 1. The lowest BCUT2D eigenvalue weighted by Gasteiger charge is -2.09. The summed E-state index contributed by atoms with van der Waals surface area (Å²) in [6, 6.07) is 12.2. The zero-order valence-corrected chi connectivity index (χ0v) is 12.1. The van der Waals surface area contributed by atoms with E-state index < -0.39 is 20.6 Å². The highest BCUT2D eigenvalue weighted by Gasteiger charge is 2.25. The lowest BCUT2D eigenvalue weighted by atomic mass is 10.1. The van der Waals surface area contributed by atoms with Crippen molar-refractivity contribution < 1.29 is 13.3 Å². The normalized spacial score (nSPS) is 11.1. The van der Waals surface area contributed by atoms with Crippen molar-refractivity contribution in [1.29, 1.82) is 0 Å². The average molecular weight is 306 g/mol. The predicted molar refractivity (Wildman–Crippen MR) is 79.7 cm³/mol. The predicted octanol–water partition coefficient (Wildman–Crippen LogP) is 2.96. The molecule has 0 atom stereocenters. The standard InChI is InChI=1S/C14H14N2O4S/c1-2-11-6-5-7-12(10-11)15-21(19,20)14-9-4-3-8-13(14)16(17)18/h3-10,15H,2H2,1H3. The maximum absolute atomic E-state index is 12.3. The van der Waals surface area contributed by atoms with Crippen LogP contribution in [0.15, 0.2) is 53.4 Å². The van der Waals surface area contributed by atoms with Crippen molar-refractivity contribution in [1.82, 2.24) is 0 Å². The first-order valence-corrected chi connectivity index (χ1v) is 7.77. The van der Waals surface area contributed by atoms with E-state index in [0.29, 0.717) is 5.69 Å². The van der Waals surface area contributed by atoms with Gasteiger partial charge in [0.2, 0.25) is 0 Å². The summed E-state index contributed by atoms with van der Waals surface area (Å²) >= 11 is 0. The quantitative estimate of drug-likeness (QED) is 0.679. The van der Waals surface area contributed by atoms with Crippen LogP contribution < -0.4 is 4.72 Å². The molecule has 0 aliphatic heterocycles. The summed E-state index contributed by atoms with van der Waals surface area (Å²) in [6.45, 7) is 1.95. The van der Waals surface area contributed by atoms with Gasteiger partial charge >= 0.3 is 0 Å². The number of para-hydroxylation sites is 1. The monoisotopic (exact) mass is 306 g/mol. The molecule has 0 heterocycles. The van der Waals surface area contributed by atoms with Gasteiger partial charge in [-0.25, -0.2) is 8.42 Å². The van der Waals surface area contributed by atoms with E-state index in [1.807, 2.05) is 13.0 Å². The Morgan fingerprint density at radius 2 is 1.86 bits per heavy atom. The highest BCUT2D eigenvalue weighted by atomic mass is 32.2. The van der Waals surface area contributed by atoms with Gasteiger partial charge < -0.3 is 0 Å². The minimum atomic E-state index is -4.01. The number of rotatable bonds is 5. The lowest BCUT2D eigenvalue weighted by Crippen LogP contribution is -2.14. The Labute approximate surface area is 122 Å². The number of aryl methyl sites for hydroxylation is 1. The van der Waals surface area contributed by atoms with Crippen molar-refractivity contribution in [2.24, 2.45) is 0 Å². The molecule has 0 radical (unpaired) electrons. The third-order valence-electron chi connectivity index (χ3n) is 2.94. The topological polar surface area (TPSA) is 89.3 Å². The molecule has 0 saturated carbocycles. The number of nitrogens with zero attached hydrogens (tertiary/aromatic N) is 1. The molecule has 0 saturated heterocycles. The number of benzene rings is 2. The van der Waals surface area contributed by atoms with Crippen molar-refractivity contribution in [3.8, 4) is 0 Å². The molecule has 6 nitrogen and oxygen atoms in total. The fourth-order valence-corrected chi connectivity index (χ4v) is 3.12. The summed E-state index contributed by atoms with van der Waals surface area (Å²) in [4.78, 5) is 9.87. The molecule has 0 aromatic heterocycles. The van der Waals surface area contributed by atoms with E-state index in [9.17, 15) is 18.5 Å². The Balaban J connectivity index is 2.41. The van der Waals surface area contributed by atoms with Gasteiger partial charge in [-0.15, -0.1) is 0 Å². The van der Waals surface area contributed by atoms with Gasteiger partial charge in [-0.2, -0.15) is 0 Å². The highest BCUT2D eigenvalue weighted by Crippen LogP contribution is 2.25. The first-order chi connectivity index (χ1) is 9.94. The summed E-state index contributed by atoms with van der Waals surface area (Å²) in [5.74, 6) is 0. The average Bonchev–Trinajstić information content (AvgIpc) is 2.47. The van der Waals surface area contributed by atoms with E-state index in [4.69, 9.17) is 0 Å². The van der Waals surface area contributed by atoms with Crippen molar-refractivity contribution in [2.45, 2.75) is 18.2 Å². The third-order valence-corrected chi connectivity index (χ3v) is 4.37. The molecule has 0 aliphatic rings. The Morgan fingerprint density at radius 3 is 2.52 bits per heavy atom. The van der Waals surface area contributed by atoms with Gasteiger partial charge in [0.1, 0.15) is 0 Å². The van der Waals surface area contributed by atoms with Crippen LogP contribution in [-0.4, -0.2) is 13.3 Å². The molecule has 21 heavy (non-hydrogen) atoms. The molecule has 0 fully saturated rings. The van der Waals surface area contributed by atoms with Gasteiger partial charge in [0.05, 0.1) is 4.92 Å². The minimum Gasteiger partial charge on any atom is -0.279 e. The molecular formula is C14H14N2O4S. The summed E-state index contributed by atoms with van der Waals surface area (Å²) in [5, 5.41) is 10.9. The molecular weight excluding hydrogens is 292 g/mol. The lowest BCUT2D eigenvalue weighted by molar-refractivity contribution is -0.387. The number of sulfonamides is 1. The first kappa shape index (κ1) is 15.0. The molecule has 0 aliphatic carbocycles. The fraction of sp³-hybridized carbons (Fsp3) is 0.143. The van der Waals surface area contributed by atoms with Crippen LogP contribution in [0.25, 0.3) is 0 Å². The highest BCUT2D eigenvalue weighted by molar-refractivity contribution is 7.92. The van der Waals surface area contributed by atoms with Crippen molar-refractivity contribution in [3.05, 3.63) is 64.2 Å². The zero-order chi connectivity index (χ0) is 15.5. The van der Waals surface area contributed by atoms with Gasteiger partial charge in [-0.3, -0.25) is 14.8 Å². The van der Waals surface area contributed by atoms with Crippen LogP contribution in [0.2, 0.25) is 0 Å². The Bertz CT molecular complexity index is 772. The number of nitrogens with one attached hydrogen (secondary N) is 1. The van der Waals surface area contributed by atoms with Crippen LogP contribution in [0.1, 0.15) is 12.5 Å². The van der Waals surface area contributed by atoms with Crippen LogP contribution >= 0.6 is 0 Å². The van der Waals surface area contributed by atoms with Crippen LogP contribution in [0.3, 0.4) is 0 Å². The molecule has 110 valence electrons. The molecule has 7 heteroatoms. The van der Waals surface area contributed by atoms with Crippen molar-refractivity contribution >= 4 is 21.4 Å². The second kappa shape index (κ2) is 5.92. The third kappa shape index (κ3) is 3.38. The van der Waals surface area contributed by atoms with Gasteiger partial charge in [-0.1, -0.05) is 31.2 Å². The molecule has 0 bridgehead atoms. The molecule has 0 unspecified atom stereocenters. The molecule has 0 spiro atoms. The van der Waals surface area contributed by atoms with E-state index >= 15 is 0 Å². The molecule has 2 rings (SSSR count). The molecule has 0 amide bonds. The smallest absolute Gasteiger partial charge is 0.279 e. The van der Waals surface area contributed by atoms with Gasteiger partial charge in [0, 0.05) is 11.8 Å². The fourth-order valence-electron chi connectivity index (χ4n) is 1.90. The SMILES string of the molecule is CCc1cccc(NS(=O)(=O)c2ccccc2[N+](=O)[O-])c1. The van der Waals surface area contributed by atoms with E-state index in [1.54, 1.807) is 18.2 Å². The van der Waals surface area contributed by atoms with Gasteiger partial charge in [0.15, 0.2) is 4.90 Å². The van der Waals surface area contributed by atoms with Crippen LogP contribution in [0.4, 0.5) is 11.4 Å². The summed E-state index contributed by atoms with van der Waals surface area (Å²) in [7, 11) is -4.01.